The van der Waals surface area contributed by atoms with Crippen molar-refractivity contribution < 1.29 is 14.0 Å². The number of rotatable bonds is 10. The van der Waals surface area contributed by atoms with E-state index in [0.717, 1.165) is 12.8 Å². The maximum absolute atomic E-state index is 13.5. The van der Waals surface area contributed by atoms with E-state index in [1.165, 1.54) is 9.13 Å². The summed E-state index contributed by atoms with van der Waals surface area (Å²) in [6.45, 7) is 0.231. The van der Waals surface area contributed by atoms with E-state index in [9.17, 15) is 14.0 Å². The van der Waals surface area contributed by atoms with Gasteiger partial charge in [-0.3, -0.25) is 9.59 Å². The average molecular weight is 435 g/mol. The van der Waals surface area contributed by atoms with Gasteiger partial charge in [0.15, 0.2) is 0 Å². The largest absolute Gasteiger partial charge is 0.368 e. The summed E-state index contributed by atoms with van der Waals surface area (Å²) in [7, 11) is 0. The molecule has 0 bridgehead atoms. The zero-order valence-electron chi connectivity index (χ0n) is 12.9. The highest BCUT2D eigenvalue weighted by atomic mass is 127. The van der Waals surface area contributed by atoms with Crippen LogP contribution in [0.3, 0.4) is 0 Å². The molecule has 0 spiro atoms. The SMILES string of the molecule is NC(=O)C(N)CC(F)CCNC(=O)CCCc1ccc(I)cc1. The maximum Gasteiger partial charge on any atom is 0.234 e. The van der Waals surface area contributed by atoms with Crippen LogP contribution in [0.2, 0.25) is 0 Å². The lowest BCUT2D eigenvalue weighted by Gasteiger charge is -2.12. The second kappa shape index (κ2) is 10.5. The number of hydrogen-bond acceptors (Lipinski definition) is 3. The molecule has 5 nitrogen and oxygen atoms in total. The number of amides is 2. The highest BCUT2D eigenvalue weighted by molar-refractivity contribution is 14.1. The van der Waals surface area contributed by atoms with Crippen LogP contribution in [0, 0.1) is 3.57 Å². The number of hydrogen-bond donors (Lipinski definition) is 3. The molecule has 0 aliphatic heterocycles. The number of carbonyl (C=O) groups is 2. The number of carbonyl (C=O) groups excluding carboxylic acids is 2. The number of aryl methyl sites for hydroxylation is 1. The third kappa shape index (κ3) is 8.85. The van der Waals surface area contributed by atoms with E-state index in [1.54, 1.807) is 0 Å². The van der Waals surface area contributed by atoms with Crippen molar-refractivity contribution in [1.29, 1.82) is 0 Å². The fourth-order valence-electron chi connectivity index (χ4n) is 2.07. The van der Waals surface area contributed by atoms with E-state index in [-0.39, 0.29) is 25.3 Å². The van der Waals surface area contributed by atoms with Gasteiger partial charge >= 0.3 is 0 Å². The summed E-state index contributed by atoms with van der Waals surface area (Å²) < 4.78 is 14.7. The molecule has 2 amide bonds. The molecule has 0 aliphatic carbocycles. The molecule has 0 aliphatic rings. The average Bonchev–Trinajstić information content (AvgIpc) is 2.49. The van der Waals surface area contributed by atoms with Crippen molar-refractivity contribution in [3.05, 3.63) is 33.4 Å². The Bertz CT molecular complexity index is 511. The van der Waals surface area contributed by atoms with Crippen LogP contribution >= 0.6 is 22.6 Å². The predicted octanol–water partition coefficient (Wildman–Crippen LogP) is 1.66. The molecule has 1 rings (SSSR count). The third-order valence-corrected chi connectivity index (χ3v) is 4.16. The monoisotopic (exact) mass is 435 g/mol. The van der Waals surface area contributed by atoms with Gasteiger partial charge in [0.25, 0.3) is 0 Å². The molecule has 0 saturated heterocycles. The van der Waals surface area contributed by atoms with Gasteiger partial charge in [-0.1, -0.05) is 12.1 Å². The summed E-state index contributed by atoms with van der Waals surface area (Å²) in [5.74, 6) is -0.811. The van der Waals surface area contributed by atoms with E-state index < -0.39 is 18.1 Å². The number of benzene rings is 1. The van der Waals surface area contributed by atoms with Crippen LogP contribution < -0.4 is 16.8 Å². The molecule has 5 N–H and O–H groups in total. The first-order chi connectivity index (χ1) is 10.9. The molecule has 0 fully saturated rings. The summed E-state index contributed by atoms with van der Waals surface area (Å²) in [6, 6.07) is 7.20. The molecule has 2 unspecified atom stereocenters. The molecule has 1 aromatic carbocycles. The van der Waals surface area contributed by atoms with Gasteiger partial charge in [-0.25, -0.2) is 4.39 Å². The van der Waals surface area contributed by atoms with E-state index in [4.69, 9.17) is 11.5 Å². The van der Waals surface area contributed by atoms with Crippen molar-refractivity contribution in [2.24, 2.45) is 11.5 Å². The van der Waals surface area contributed by atoms with Gasteiger partial charge in [-0.05, 0) is 59.5 Å². The fourth-order valence-corrected chi connectivity index (χ4v) is 2.43. The van der Waals surface area contributed by atoms with Gasteiger partial charge in [0.1, 0.15) is 6.17 Å². The highest BCUT2D eigenvalue weighted by Crippen LogP contribution is 2.09. The summed E-state index contributed by atoms with van der Waals surface area (Å²) >= 11 is 2.25. The number of halogens is 2. The van der Waals surface area contributed by atoms with Gasteiger partial charge in [-0.15, -0.1) is 0 Å². The number of nitrogens with two attached hydrogens (primary N) is 2. The van der Waals surface area contributed by atoms with Crippen LogP contribution in [-0.2, 0) is 16.0 Å². The molecule has 128 valence electrons. The smallest absolute Gasteiger partial charge is 0.234 e. The summed E-state index contributed by atoms with van der Waals surface area (Å²) in [5.41, 5.74) is 11.5. The lowest BCUT2D eigenvalue weighted by Crippen LogP contribution is -2.39. The standard InChI is InChI=1S/C16H23FIN3O2/c17-12(10-14(19)16(20)23)8-9-21-15(22)3-1-2-11-4-6-13(18)7-5-11/h4-7,12,14H,1-3,8-10,19H2,(H2,20,23)(H,21,22). The molecule has 0 saturated carbocycles. The van der Waals surface area contributed by atoms with Gasteiger partial charge in [0.05, 0.1) is 6.04 Å². The molecule has 1 aromatic rings. The molecular formula is C16H23FIN3O2. The highest BCUT2D eigenvalue weighted by Gasteiger charge is 2.16. The Hall–Kier alpha value is -1.22. The van der Waals surface area contributed by atoms with Gasteiger partial charge < -0.3 is 16.8 Å². The maximum atomic E-state index is 13.5. The zero-order chi connectivity index (χ0) is 17.2. The van der Waals surface area contributed by atoms with Crippen molar-refractivity contribution in [1.82, 2.24) is 5.32 Å². The van der Waals surface area contributed by atoms with Crippen LogP contribution in [0.25, 0.3) is 0 Å². The third-order valence-electron chi connectivity index (χ3n) is 3.44. The Morgan fingerprint density at radius 1 is 1.26 bits per heavy atom. The first-order valence-corrected chi connectivity index (χ1v) is 8.66. The Kier molecular flexibility index (Phi) is 9.08. The molecule has 2 atom stereocenters. The number of primary amides is 1. The molecule has 0 radical (unpaired) electrons. The van der Waals surface area contributed by atoms with Crippen molar-refractivity contribution >= 4 is 34.4 Å². The van der Waals surface area contributed by atoms with Crippen molar-refractivity contribution in [3.8, 4) is 0 Å². The number of alkyl halides is 1. The molecular weight excluding hydrogens is 412 g/mol. The summed E-state index contributed by atoms with van der Waals surface area (Å²) in [4.78, 5) is 22.4. The minimum absolute atomic E-state index is 0.0955. The molecule has 0 aromatic heterocycles. The van der Waals surface area contributed by atoms with E-state index in [2.05, 4.69) is 40.0 Å². The van der Waals surface area contributed by atoms with Crippen LogP contribution in [0.15, 0.2) is 24.3 Å². The van der Waals surface area contributed by atoms with Gasteiger partial charge in [-0.2, -0.15) is 0 Å². The van der Waals surface area contributed by atoms with Gasteiger partial charge in [0.2, 0.25) is 11.8 Å². The van der Waals surface area contributed by atoms with Crippen molar-refractivity contribution in [2.45, 2.75) is 44.3 Å². The van der Waals surface area contributed by atoms with Crippen molar-refractivity contribution in [3.63, 3.8) is 0 Å². The summed E-state index contributed by atoms with van der Waals surface area (Å²) in [6.07, 6.45) is 0.761. The zero-order valence-corrected chi connectivity index (χ0v) is 15.1. The van der Waals surface area contributed by atoms with E-state index in [0.29, 0.717) is 6.42 Å². The first-order valence-electron chi connectivity index (χ1n) is 7.58. The van der Waals surface area contributed by atoms with Crippen molar-refractivity contribution in [2.75, 3.05) is 6.54 Å². The Balaban J connectivity index is 2.12. The first kappa shape index (κ1) is 19.8. The van der Waals surface area contributed by atoms with E-state index in [1.807, 2.05) is 12.1 Å². The quantitative estimate of drug-likeness (QED) is 0.488. The second-order valence-electron chi connectivity index (χ2n) is 5.46. The van der Waals surface area contributed by atoms with E-state index >= 15 is 0 Å². The minimum atomic E-state index is -1.25. The Morgan fingerprint density at radius 3 is 2.52 bits per heavy atom. The van der Waals surface area contributed by atoms with Crippen LogP contribution in [0.4, 0.5) is 4.39 Å². The summed E-state index contributed by atoms with van der Waals surface area (Å²) in [5, 5.41) is 2.67. The van der Waals surface area contributed by atoms with Crippen LogP contribution in [0.1, 0.15) is 31.2 Å². The predicted molar refractivity (Wildman–Crippen MR) is 96.4 cm³/mol. The topological polar surface area (TPSA) is 98.2 Å². The normalized spacial score (nSPS) is 13.3. The Morgan fingerprint density at radius 2 is 1.91 bits per heavy atom. The lowest BCUT2D eigenvalue weighted by molar-refractivity contribution is -0.121. The molecule has 7 heteroatoms. The second-order valence-corrected chi connectivity index (χ2v) is 6.71. The number of nitrogens with one attached hydrogen (secondary N) is 1. The lowest BCUT2D eigenvalue weighted by atomic mass is 10.1. The molecule has 23 heavy (non-hydrogen) atoms. The van der Waals surface area contributed by atoms with Crippen LogP contribution in [-0.4, -0.2) is 30.6 Å². The Labute approximate surface area is 149 Å². The van der Waals surface area contributed by atoms with Gasteiger partial charge in [0, 0.05) is 23.0 Å². The molecule has 0 heterocycles. The van der Waals surface area contributed by atoms with Crippen LogP contribution in [0.5, 0.6) is 0 Å². The fraction of sp³-hybridized carbons (Fsp3) is 0.500. The minimum Gasteiger partial charge on any atom is -0.368 e.